The molecule has 0 fully saturated rings. The predicted octanol–water partition coefficient (Wildman–Crippen LogP) is 1.97. The number of carboxylic acids is 2. The molecule has 0 unspecified atom stereocenters. The third kappa shape index (κ3) is 2.57. The topological polar surface area (TPSA) is 166 Å². The average Bonchev–Trinajstić information content (AvgIpc) is 2.59. The van der Waals surface area contributed by atoms with Crippen molar-refractivity contribution < 1.29 is 39.5 Å². The van der Waals surface area contributed by atoms with Gasteiger partial charge in [0.05, 0.1) is 16.5 Å². The van der Waals surface area contributed by atoms with E-state index in [4.69, 9.17) is 14.6 Å². The van der Waals surface area contributed by atoms with Gasteiger partial charge in [-0.25, -0.2) is 9.59 Å². The molecule has 9 heteroatoms. The van der Waals surface area contributed by atoms with Crippen molar-refractivity contribution >= 4 is 22.9 Å². The van der Waals surface area contributed by atoms with E-state index in [9.17, 15) is 29.7 Å². The van der Waals surface area contributed by atoms with Crippen LogP contribution in [-0.4, -0.2) is 37.5 Å². The number of hydrogen-bond donors (Lipinski definition) is 5. The lowest BCUT2D eigenvalue weighted by Gasteiger charge is -2.09. The van der Waals surface area contributed by atoms with Crippen LogP contribution < -0.4 is 5.43 Å². The van der Waals surface area contributed by atoms with Crippen molar-refractivity contribution in [3.8, 4) is 28.6 Å². The van der Waals surface area contributed by atoms with E-state index in [0.717, 1.165) is 24.3 Å². The van der Waals surface area contributed by atoms with Crippen LogP contribution in [0.1, 0.15) is 20.7 Å². The Morgan fingerprint density at radius 1 is 0.846 bits per heavy atom. The first kappa shape index (κ1) is 16.8. The minimum atomic E-state index is -1.56. The highest BCUT2D eigenvalue weighted by molar-refractivity contribution is 6.05. The standard InChI is InChI=1S/C17H10O9/c18-10-2-1-6(3-11(10)19)15-14(21)13(20)9-4-7(16(22)23)8(17(24)25)5-12(9)26-15/h1-5,18-19,21H,(H,22,23)(H,24,25). The van der Waals surface area contributed by atoms with Gasteiger partial charge in [0.2, 0.25) is 11.2 Å². The summed E-state index contributed by atoms with van der Waals surface area (Å²) in [6.45, 7) is 0. The summed E-state index contributed by atoms with van der Waals surface area (Å²) in [6.07, 6.45) is 0. The summed E-state index contributed by atoms with van der Waals surface area (Å²) in [5, 5.41) is 46.9. The molecule has 132 valence electrons. The summed E-state index contributed by atoms with van der Waals surface area (Å²) in [7, 11) is 0. The van der Waals surface area contributed by atoms with Crippen molar-refractivity contribution in [2.45, 2.75) is 0 Å². The highest BCUT2D eigenvalue weighted by Crippen LogP contribution is 2.35. The van der Waals surface area contributed by atoms with Crippen molar-refractivity contribution in [2.75, 3.05) is 0 Å². The zero-order valence-corrected chi connectivity index (χ0v) is 12.8. The van der Waals surface area contributed by atoms with E-state index in [1.165, 1.54) is 6.07 Å². The summed E-state index contributed by atoms with van der Waals surface area (Å²) in [5.74, 6) is -5.30. The molecular formula is C17H10O9. The normalized spacial score (nSPS) is 10.8. The fraction of sp³-hybridized carbons (Fsp3) is 0. The van der Waals surface area contributed by atoms with E-state index in [1.54, 1.807) is 0 Å². The predicted molar refractivity (Wildman–Crippen MR) is 86.8 cm³/mol. The van der Waals surface area contributed by atoms with E-state index in [-0.39, 0.29) is 22.3 Å². The molecule has 0 saturated carbocycles. The summed E-state index contributed by atoms with van der Waals surface area (Å²) >= 11 is 0. The fourth-order valence-corrected chi connectivity index (χ4v) is 2.44. The molecule has 9 nitrogen and oxygen atoms in total. The molecule has 1 aromatic heterocycles. The molecule has 5 N–H and O–H groups in total. The lowest BCUT2D eigenvalue weighted by Crippen LogP contribution is -2.11. The molecule has 1 heterocycles. The second-order valence-corrected chi connectivity index (χ2v) is 5.32. The van der Waals surface area contributed by atoms with Crippen molar-refractivity contribution in [2.24, 2.45) is 0 Å². The second-order valence-electron chi connectivity index (χ2n) is 5.32. The first-order valence-corrected chi connectivity index (χ1v) is 7.03. The van der Waals surface area contributed by atoms with Gasteiger partial charge >= 0.3 is 11.9 Å². The number of carboxylic acid groups (broad SMARTS) is 2. The maximum Gasteiger partial charge on any atom is 0.336 e. The molecule has 0 spiro atoms. The van der Waals surface area contributed by atoms with E-state index < -0.39 is 45.7 Å². The molecule has 3 aromatic rings. The molecule has 0 aliphatic rings. The van der Waals surface area contributed by atoms with Crippen molar-refractivity contribution in [3.05, 3.63) is 51.7 Å². The Morgan fingerprint density at radius 3 is 2.04 bits per heavy atom. The summed E-state index contributed by atoms with van der Waals surface area (Å²) < 4.78 is 5.38. The van der Waals surface area contributed by atoms with Crippen LogP contribution in [0.15, 0.2) is 39.5 Å². The number of carbonyl (C=O) groups is 2. The maximum absolute atomic E-state index is 12.4. The largest absolute Gasteiger partial charge is 0.504 e. The lowest BCUT2D eigenvalue weighted by molar-refractivity contribution is 0.0651. The van der Waals surface area contributed by atoms with Crippen LogP contribution in [0.3, 0.4) is 0 Å². The number of phenols is 2. The number of aromatic hydroxyl groups is 3. The first-order chi connectivity index (χ1) is 12.2. The monoisotopic (exact) mass is 358 g/mol. The number of aromatic carboxylic acids is 2. The summed E-state index contributed by atoms with van der Waals surface area (Å²) in [5.41, 5.74) is -2.44. The number of rotatable bonds is 3. The fourth-order valence-electron chi connectivity index (χ4n) is 2.44. The minimum Gasteiger partial charge on any atom is -0.504 e. The molecule has 0 bridgehead atoms. The van der Waals surface area contributed by atoms with E-state index in [1.807, 2.05) is 0 Å². The van der Waals surface area contributed by atoms with Gasteiger partial charge in [-0.15, -0.1) is 0 Å². The van der Waals surface area contributed by atoms with E-state index >= 15 is 0 Å². The van der Waals surface area contributed by atoms with E-state index in [0.29, 0.717) is 0 Å². The van der Waals surface area contributed by atoms with Gasteiger partial charge in [-0.05, 0) is 30.3 Å². The number of hydrogen-bond acceptors (Lipinski definition) is 7. The Balaban J connectivity index is 2.38. The van der Waals surface area contributed by atoms with Crippen LogP contribution in [-0.2, 0) is 0 Å². The Morgan fingerprint density at radius 2 is 1.46 bits per heavy atom. The third-order valence-electron chi connectivity index (χ3n) is 3.70. The quantitative estimate of drug-likeness (QED) is 0.440. The zero-order chi connectivity index (χ0) is 19.2. The molecule has 0 aliphatic carbocycles. The lowest BCUT2D eigenvalue weighted by atomic mass is 10.0. The van der Waals surface area contributed by atoms with Gasteiger partial charge < -0.3 is 29.9 Å². The molecule has 0 aliphatic heterocycles. The highest BCUT2D eigenvalue weighted by atomic mass is 16.4. The van der Waals surface area contributed by atoms with Gasteiger partial charge in [0.15, 0.2) is 17.3 Å². The first-order valence-electron chi connectivity index (χ1n) is 7.03. The second kappa shape index (κ2) is 5.81. The van der Waals surface area contributed by atoms with E-state index in [2.05, 4.69) is 0 Å². The van der Waals surface area contributed by atoms with Gasteiger partial charge in [-0.3, -0.25) is 4.79 Å². The van der Waals surface area contributed by atoms with Gasteiger partial charge in [-0.1, -0.05) is 0 Å². The molecule has 2 aromatic carbocycles. The van der Waals surface area contributed by atoms with Gasteiger partial charge in [0, 0.05) is 5.56 Å². The van der Waals surface area contributed by atoms with Crippen molar-refractivity contribution in [1.29, 1.82) is 0 Å². The van der Waals surface area contributed by atoms with Crippen LogP contribution in [0.25, 0.3) is 22.3 Å². The van der Waals surface area contributed by atoms with Crippen molar-refractivity contribution in [3.63, 3.8) is 0 Å². The number of fused-ring (bicyclic) bond motifs is 1. The minimum absolute atomic E-state index is 0.0380. The average molecular weight is 358 g/mol. The molecule has 3 rings (SSSR count). The third-order valence-corrected chi connectivity index (χ3v) is 3.70. The molecular weight excluding hydrogens is 348 g/mol. The zero-order valence-electron chi connectivity index (χ0n) is 12.8. The van der Waals surface area contributed by atoms with Crippen LogP contribution >= 0.6 is 0 Å². The van der Waals surface area contributed by atoms with Crippen LogP contribution in [0.5, 0.6) is 17.2 Å². The molecule has 0 amide bonds. The van der Waals surface area contributed by atoms with Crippen molar-refractivity contribution in [1.82, 2.24) is 0 Å². The number of benzene rings is 2. The maximum atomic E-state index is 12.4. The highest BCUT2D eigenvalue weighted by Gasteiger charge is 2.22. The van der Waals surface area contributed by atoms with Crippen LogP contribution in [0, 0.1) is 0 Å². The summed E-state index contributed by atoms with van der Waals surface area (Å²) in [4.78, 5) is 34.8. The Bertz CT molecular complexity index is 1140. The smallest absolute Gasteiger partial charge is 0.336 e. The molecule has 0 radical (unpaired) electrons. The van der Waals surface area contributed by atoms with Crippen LogP contribution in [0.2, 0.25) is 0 Å². The summed E-state index contributed by atoms with van der Waals surface area (Å²) in [6, 6.07) is 5.06. The molecule has 26 heavy (non-hydrogen) atoms. The molecule has 0 atom stereocenters. The SMILES string of the molecule is O=C(O)c1cc2oc(-c3ccc(O)c(O)c3)c(O)c(=O)c2cc1C(=O)O. The Hall–Kier alpha value is -4.01. The Labute approximate surface area is 143 Å². The van der Waals surface area contributed by atoms with Gasteiger partial charge in [-0.2, -0.15) is 0 Å². The van der Waals surface area contributed by atoms with Crippen LogP contribution in [0.4, 0.5) is 0 Å². The van der Waals surface area contributed by atoms with Gasteiger partial charge in [0.1, 0.15) is 5.58 Å². The van der Waals surface area contributed by atoms with Gasteiger partial charge in [0.25, 0.3) is 0 Å². The Kier molecular flexibility index (Phi) is 3.76. The number of phenolic OH excluding ortho intramolecular Hbond substituents is 2. The molecule has 0 saturated heterocycles.